The Balaban J connectivity index is 1.57. The maximum absolute atomic E-state index is 12.3. The molecule has 1 aliphatic carbocycles. The molecule has 1 aromatic rings. The highest BCUT2D eigenvalue weighted by atomic mass is 16.2. The molecule has 2 heterocycles. The number of fused-ring (bicyclic) bond motifs is 1. The van der Waals surface area contributed by atoms with Gasteiger partial charge in [0.2, 0.25) is 11.8 Å². The minimum Gasteiger partial charge on any atom is -0.361 e. The average Bonchev–Trinajstić information content (AvgIpc) is 3.36. The summed E-state index contributed by atoms with van der Waals surface area (Å²) >= 11 is 0. The number of amides is 2. The molecule has 1 N–H and O–H groups in total. The molecule has 7 nitrogen and oxygen atoms in total. The Hall–Kier alpha value is -2.18. The first-order valence-corrected chi connectivity index (χ1v) is 8.10. The van der Waals surface area contributed by atoms with Crippen molar-refractivity contribution in [1.29, 1.82) is 0 Å². The van der Waals surface area contributed by atoms with Crippen LogP contribution in [0, 0.1) is 5.92 Å². The molecule has 0 aromatic carbocycles. The zero-order valence-electron chi connectivity index (χ0n) is 13.7. The first-order valence-electron chi connectivity index (χ1n) is 8.10. The third-order valence-corrected chi connectivity index (χ3v) is 4.33. The Labute approximate surface area is 136 Å². The zero-order valence-corrected chi connectivity index (χ0v) is 13.7. The maximum Gasteiger partial charge on any atom is 0.232 e. The first kappa shape index (κ1) is 15.7. The second-order valence-corrected chi connectivity index (χ2v) is 6.56. The lowest BCUT2D eigenvalue weighted by molar-refractivity contribution is -0.136. The zero-order chi connectivity index (χ0) is 16.4. The predicted molar refractivity (Wildman–Crippen MR) is 85.8 cm³/mol. The van der Waals surface area contributed by atoms with Crippen molar-refractivity contribution in [2.45, 2.75) is 32.2 Å². The van der Waals surface area contributed by atoms with Crippen LogP contribution in [0.4, 0.5) is 5.82 Å². The molecule has 124 valence electrons. The molecule has 1 fully saturated rings. The smallest absolute Gasteiger partial charge is 0.232 e. The van der Waals surface area contributed by atoms with Crippen LogP contribution in [-0.2, 0) is 22.6 Å². The monoisotopic (exact) mass is 317 g/mol. The van der Waals surface area contributed by atoms with Gasteiger partial charge in [0.25, 0.3) is 0 Å². The molecule has 0 spiro atoms. The van der Waals surface area contributed by atoms with Crippen LogP contribution in [0.1, 0.15) is 30.5 Å². The fourth-order valence-electron chi connectivity index (χ4n) is 2.64. The van der Waals surface area contributed by atoms with Crippen molar-refractivity contribution >= 4 is 17.6 Å². The van der Waals surface area contributed by atoms with Gasteiger partial charge in [0, 0.05) is 40.2 Å². The molecule has 1 saturated carbocycles. The highest BCUT2D eigenvalue weighted by molar-refractivity contribution is 5.96. The fraction of sp³-hybridized carbons (Fsp3) is 0.625. The van der Waals surface area contributed by atoms with Crippen LogP contribution >= 0.6 is 0 Å². The Bertz CT molecular complexity index is 612. The Kier molecular flexibility index (Phi) is 4.45. The van der Waals surface area contributed by atoms with E-state index in [4.69, 9.17) is 0 Å². The van der Waals surface area contributed by atoms with E-state index in [-0.39, 0.29) is 18.2 Å². The van der Waals surface area contributed by atoms with Crippen LogP contribution in [0.2, 0.25) is 0 Å². The minimum atomic E-state index is -0.172. The third-order valence-electron chi connectivity index (χ3n) is 4.33. The van der Waals surface area contributed by atoms with Crippen molar-refractivity contribution in [2.75, 3.05) is 32.1 Å². The van der Waals surface area contributed by atoms with Crippen molar-refractivity contribution in [3.05, 3.63) is 17.3 Å². The van der Waals surface area contributed by atoms with Crippen LogP contribution in [0.15, 0.2) is 6.07 Å². The van der Waals surface area contributed by atoms with Gasteiger partial charge in [-0.1, -0.05) is 0 Å². The van der Waals surface area contributed by atoms with E-state index in [9.17, 15) is 9.59 Å². The molecule has 2 amide bonds. The number of nitrogens with zero attached hydrogens (tertiary/aromatic N) is 4. The molecule has 1 aromatic heterocycles. The maximum atomic E-state index is 12.3. The van der Waals surface area contributed by atoms with E-state index in [0.717, 1.165) is 17.1 Å². The second kappa shape index (κ2) is 6.52. The summed E-state index contributed by atoms with van der Waals surface area (Å²) < 4.78 is 0. The predicted octanol–water partition coefficient (Wildman–Crippen LogP) is 0.344. The molecule has 0 unspecified atom stereocenters. The Morgan fingerprint density at radius 1 is 1.35 bits per heavy atom. The van der Waals surface area contributed by atoms with Gasteiger partial charge < -0.3 is 15.1 Å². The second-order valence-electron chi connectivity index (χ2n) is 6.56. The van der Waals surface area contributed by atoms with Crippen LogP contribution in [0.3, 0.4) is 0 Å². The molecule has 1 aliphatic heterocycles. The van der Waals surface area contributed by atoms with Gasteiger partial charge in [-0.2, -0.15) is 5.10 Å². The van der Waals surface area contributed by atoms with Crippen LogP contribution in [0.25, 0.3) is 0 Å². The topological polar surface area (TPSA) is 78.4 Å². The molecular weight excluding hydrogens is 294 g/mol. The van der Waals surface area contributed by atoms with Gasteiger partial charge in [0.1, 0.15) is 6.42 Å². The highest BCUT2D eigenvalue weighted by Crippen LogP contribution is 2.27. The summed E-state index contributed by atoms with van der Waals surface area (Å²) in [6.07, 6.45) is 2.99. The van der Waals surface area contributed by atoms with Gasteiger partial charge in [-0.25, -0.2) is 0 Å². The molecule has 3 rings (SSSR count). The summed E-state index contributed by atoms with van der Waals surface area (Å²) in [6, 6.07) is 1.97. The van der Waals surface area contributed by atoms with E-state index in [1.165, 1.54) is 12.8 Å². The van der Waals surface area contributed by atoms with E-state index in [2.05, 4.69) is 15.5 Å². The number of carbonyl (C=O) groups excluding carboxylic acids is 2. The lowest BCUT2D eigenvalue weighted by Gasteiger charge is -2.28. The molecule has 0 radical (unpaired) electrons. The quantitative estimate of drug-likeness (QED) is 0.793. The lowest BCUT2D eigenvalue weighted by Crippen LogP contribution is -2.39. The number of nitrogens with one attached hydrogen (secondary N) is 1. The van der Waals surface area contributed by atoms with Crippen LogP contribution in [-0.4, -0.2) is 54.1 Å². The van der Waals surface area contributed by atoms with Crippen LogP contribution in [0.5, 0.6) is 0 Å². The normalized spacial score (nSPS) is 16.7. The molecule has 23 heavy (non-hydrogen) atoms. The summed E-state index contributed by atoms with van der Waals surface area (Å²) in [4.78, 5) is 27.8. The number of rotatable bonds is 5. The largest absolute Gasteiger partial charge is 0.361 e. The standard InChI is InChI=1S/C16H23N5O2/c1-20(2)14-7-12-10-21(6-5-13(12)18-19-14)16(23)8-15(22)17-9-11-3-4-11/h7,11H,3-6,8-10H2,1-2H3,(H,17,22). The van der Waals surface area contributed by atoms with E-state index < -0.39 is 0 Å². The summed E-state index contributed by atoms with van der Waals surface area (Å²) in [6.45, 7) is 1.80. The van der Waals surface area contributed by atoms with Crippen molar-refractivity contribution < 1.29 is 9.59 Å². The van der Waals surface area contributed by atoms with E-state index in [1.54, 1.807) is 4.90 Å². The number of hydrogen-bond acceptors (Lipinski definition) is 5. The SMILES string of the molecule is CN(C)c1cc2c(nn1)CCN(C(=O)CC(=O)NCC1CC1)C2. The van der Waals surface area contributed by atoms with Gasteiger partial charge in [0.15, 0.2) is 5.82 Å². The Morgan fingerprint density at radius 3 is 2.83 bits per heavy atom. The summed E-state index contributed by atoms with van der Waals surface area (Å²) in [7, 11) is 3.82. The molecular formula is C16H23N5O2. The number of aromatic nitrogens is 2. The van der Waals surface area contributed by atoms with Gasteiger partial charge >= 0.3 is 0 Å². The Morgan fingerprint density at radius 2 is 2.13 bits per heavy atom. The van der Waals surface area contributed by atoms with E-state index in [1.807, 2.05) is 25.1 Å². The summed E-state index contributed by atoms with van der Waals surface area (Å²) in [5, 5.41) is 11.2. The lowest BCUT2D eigenvalue weighted by atomic mass is 10.1. The van der Waals surface area contributed by atoms with Crippen molar-refractivity contribution in [1.82, 2.24) is 20.4 Å². The van der Waals surface area contributed by atoms with E-state index >= 15 is 0 Å². The van der Waals surface area contributed by atoms with Gasteiger partial charge in [-0.3, -0.25) is 9.59 Å². The molecule has 0 saturated heterocycles. The molecule has 7 heteroatoms. The molecule has 2 aliphatic rings. The fourth-order valence-corrected chi connectivity index (χ4v) is 2.64. The summed E-state index contributed by atoms with van der Waals surface area (Å²) in [5.41, 5.74) is 1.96. The van der Waals surface area contributed by atoms with E-state index in [0.29, 0.717) is 32.0 Å². The highest BCUT2D eigenvalue weighted by Gasteiger charge is 2.25. The van der Waals surface area contributed by atoms with Crippen molar-refractivity contribution in [3.63, 3.8) is 0 Å². The molecule has 0 atom stereocenters. The summed E-state index contributed by atoms with van der Waals surface area (Å²) in [5.74, 6) is 1.11. The average molecular weight is 317 g/mol. The van der Waals surface area contributed by atoms with Crippen molar-refractivity contribution in [3.8, 4) is 0 Å². The van der Waals surface area contributed by atoms with Gasteiger partial charge in [-0.15, -0.1) is 5.10 Å². The molecule has 0 bridgehead atoms. The first-order chi connectivity index (χ1) is 11.0. The van der Waals surface area contributed by atoms with Crippen LogP contribution < -0.4 is 10.2 Å². The number of hydrogen-bond donors (Lipinski definition) is 1. The van der Waals surface area contributed by atoms with Gasteiger partial charge in [-0.05, 0) is 30.4 Å². The number of carbonyl (C=O) groups is 2. The third kappa shape index (κ3) is 3.97. The van der Waals surface area contributed by atoms with Gasteiger partial charge in [0.05, 0.1) is 5.69 Å². The van der Waals surface area contributed by atoms with Crippen molar-refractivity contribution in [2.24, 2.45) is 5.92 Å². The number of anilines is 1. The minimum absolute atomic E-state index is 0.0684.